The Hall–Kier alpha value is 0.940. The van der Waals surface area contributed by atoms with E-state index in [2.05, 4.69) is 20.8 Å². The summed E-state index contributed by atoms with van der Waals surface area (Å²) in [6, 6.07) is 3.54. The van der Waals surface area contributed by atoms with Crippen LogP contribution in [0.3, 0.4) is 0 Å². The normalized spacial score (nSPS) is 12.9. The van der Waals surface area contributed by atoms with Gasteiger partial charge in [0, 0.05) is 0 Å². The van der Waals surface area contributed by atoms with Crippen molar-refractivity contribution in [2.75, 3.05) is 19.8 Å². The van der Waals surface area contributed by atoms with Crippen LogP contribution in [0.25, 0.3) is 0 Å². The quantitative estimate of drug-likeness (QED) is 0.381. The van der Waals surface area contributed by atoms with E-state index >= 15 is 0 Å². The Morgan fingerprint density at radius 1 is 0.619 bits per heavy atom. The van der Waals surface area contributed by atoms with Gasteiger partial charge in [-0.3, -0.25) is 0 Å². The molecule has 21 heavy (non-hydrogen) atoms. The van der Waals surface area contributed by atoms with E-state index in [1.807, 2.05) is 20.8 Å². The molecule has 0 saturated heterocycles. The summed E-state index contributed by atoms with van der Waals surface area (Å²) in [4.78, 5) is 0. The van der Waals surface area contributed by atoms with Crippen LogP contribution in [0.2, 0.25) is 18.1 Å². The second kappa shape index (κ2) is 12.4. The molecule has 0 aromatic rings. The number of rotatable bonds is 14. The van der Waals surface area contributed by atoms with Crippen molar-refractivity contribution >= 4 is 8.32 Å². The van der Waals surface area contributed by atoms with Gasteiger partial charge < -0.3 is 0 Å². The Morgan fingerprint density at radius 3 is 1.19 bits per heavy atom. The van der Waals surface area contributed by atoms with E-state index in [1.54, 1.807) is 0 Å². The summed E-state index contributed by atoms with van der Waals surface area (Å²) in [5.41, 5.74) is 0. The van der Waals surface area contributed by atoms with Crippen LogP contribution in [0.4, 0.5) is 0 Å². The molecular weight excluding hydrogens is 363 g/mol. The zero-order valence-corrected chi connectivity index (χ0v) is 18.5. The zero-order chi connectivity index (χ0) is 16.2. The van der Waals surface area contributed by atoms with E-state index in [0.717, 1.165) is 0 Å². The van der Waals surface area contributed by atoms with Crippen LogP contribution in [0.1, 0.15) is 60.8 Å². The number of hydrogen-bond acceptors (Lipinski definition) is 4. The van der Waals surface area contributed by atoms with Gasteiger partial charge in [0.15, 0.2) is 0 Å². The van der Waals surface area contributed by atoms with E-state index < -0.39 is 30.3 Å². The van der Waals surface area contributed by atoms with Gasteiger partial charge in [-0.1, -0.05) is 0 Å². The second-order valence-corrected chi connectivity index (χ2v) is 15.5. The third-order valence-electron chi connectivity index (χ3n) is 3.42. The minimum absolute atomic E-state index is 0.602. The monoisotopic (exact) mass is 398 g/mol. The van der Waals surface area contributed by atoms with Gasteiger partial charge in [0.2, 0.25) is 0 Å². The standard InChI is InChI=1S/C9H21OSi.3C2H5O.Zr/c1-4-7-11(10,8-5-2)9-6-3;3*1-2-3;/h4-9H2,1-3H3;3*2H2,1H3;/q4*-1;+4. The molecule has 0 aliphatic carbocycles. The summed E-state index contributed by atoms with van der Waals surface area (Å²) < 4.78 is 24.7. The zero-order valence-electron chi connectivity index (χ0n) is 15.0. The summed E-state index contributed by atoms with van der Waals surface area (Å²) in [6.07, 6.45) is 3.50. The molecule has 0 aromatic carbocycles. The molecule has 0 heterocycles. The molecule has 0 aliphatic rings. The average molecular weight is 400 g/mol. The first-order valence-corrected chi connectivity index (χ1v) is 15.2. The Morgan fingerprint density at radius 2 is 0.952 bits per heavy atom. The van der Waals surface area contributed by atoms with E-state index in [1.165, 1.54) is 37.4 Å². The predicted octanol–water partition coefficient (Wildman–Crippen LogP) is 5.10. The van der Waals surface area contributed by atoms with Crippen LogP contribution in [-0.4, -0.2) is 28.1 Å². The van der Waals surface area contributed by atoms with Gasteiger partial charge in [-0.2, -0.15) is 0 Å². The van der Waals surface area contributed by atoms with Crippen molar-refractivity contribution in [2.45, 2.75) is 78.9 Å². The molecule has 0 atom stereocenters. The van der Waals surface area contributed by atoms with E-state index in [4.69, 9.17) is 10.9 Å². The Balaban J connectivity index is 5.30. The number of hydrogen-bond donors (Lipinski definition) is 0. The molecule has 0 bridgehead atoms. The molecule has 0 amide bonds. The Labute approximate surface area is 139 Å². The molecule has 0 aliphatic heterocycles. The predicted molar refractivity (Wildman–Crippen MR) is 87.0 cm³/mol. The van der Waals surface area contributed by atoms with Crippen molar-refractivity contribution in [3.63, 3.8) is 0 Å². The van der Waals surface area contributed by atoms with Gasteiger partial charge in [0.05, 0.1) is 0 Å². The van der Waals surface area contributed by atoms with E-state index in [0.29, 0.717) is 19.8 Å². The average Bonchev–Trinajstić information content (AvgIpc) is 2.40. The Bertz CT molecular complexity index is 196. The van der Waals surface area contributed by atoms with Gasteiger partial charge in [0.1, 0.15) is 0 Å². The second-order valence-electron chi connectivity index (χ2n) is 5.33. The third-order valence-corrected chi connectivity index (χ3v) is 18.1. The summed E-state index contributed by atoms with van der Waals surface area (Å²) >= 11 is -3.84. The van der Waals surface area contributed by atoms with E-state index in [9.17, 15) is 0 Å². The first-order valence-electron chi connectivity index (χ1n) is 8.69. The van der Waals surface area contributed by atoms with Crippen molar-refractivity contribution < 1.29 is 33.0 Å². The van der Waals surface area contributed by atoms with Crippen LogP contribution in [-0.2, 0) is 33.0 Å². The van der Waals surface area contributed by atoms with Crippen molar-refractivity contribution in [1.29, 1.82) is 0 Å². The Kier molecular flexibility index (Phi) is 12.9. The fourth-order valence-electron chi connectivity index (χ4n) is 2.90. The molecule has 0 rings (SSSR count). The van der Waals surface area contributed by atoms with Crippen LogP contribution >= 0.6 is 0 Å². The van der Waals surface area contributed by atoms with Crippen molar-refractivity contribution in [3.8, 4) is 0 Å². The van der Waals surface area contributed by atoms with Crippen LogP contribution in [0.15, 0.2) is 0 Å². The SMILES string of the molecule is CCC[Si](CCC)(CCC)[O][Zr]([O]CC)([O]CC)[O]CC. The molecule has 0 spiro atoms. The first kappa shape index (κ1) is 21.9. The van der Waals surface area contributed by atoms with Crippen molar-refractivity contribution in [1.82, 2.24) is 0 Å². The molecule has 0 saturated carbocycles. The van der Waals surface area contributed by atoms with E-state index in [-0.39, 0.29) is 0 Å². The van der Waals surface area contributed by atoms with Gasteiger partial charge in [-0.25, -0.2) is 0 Å². The van der Waals surface area contributed by atoms with Gasteiger partial charge >= 0.3 is 140 Å². The minimum atomic E-state index is -3.84. The van der Waals surface area contributed by atoms with Crippen LogP contribution in [0.5, 0.6) is 0 Å². The fraction of sp³-hybridized carbons (Fsp3) is 1.00. The summed E-state index contributed by atoms with van der Waals surface area (Å²) in [5, 5.41) is 0. The van der Waals surface area contributed by atoms with Crippen molar-refractivity contribution in [2.24, 2.45) is 0 Å². The fourth-order valence-corrected chi connectivity index (χ4v) is 18.1. The molecule has 6 heteroatoms. The molecule has 0 N–H and O–H groups in total. The van der Waals surface area contributed by atoms with Gasteiger partial charge in [-0.05, 0) is 0 Å². The molecule has 0 unspecified atom stereocenters. The maximum absolute atomic E-state index is 6.75. The maximum atomic E-state index is 6.75. The first-order chi connectivity index (χ1) is 10.1. The summed E-state index contributed by atoms with van der Waals surface area (Å²) in [6.45, 7) is 14.5. The summed E-state index contributed by atoms with van der Waals surface area (Å²) in [5.74, 6) is 0. The van der Waals surface area contributed by atoms with Gasteiger partial charge in [0.25, 0.3) is 0 Å². The molecule has 0 radical (unpaired) electrons. The molecule has 128 valence electrons. The third kappa shape index (κ3) is 7.85. The molecule has 0 aromatic heterocycles. The molecular formula is C15H36O4SiZr. The van der Waals surface area contributed by atoms with Gasteiger partial charge in [-0.15, -0.1) is 0 Å². The summed E-state index contributed by atoms with van der Waals surface area (Å²) in [7, 11) is -1.82. The molecule has 4 nitrogen and oxygen atoms in total. The van der Waals surface area contributed by atoms with Crippen LogP contribution in [0, 0.1) is 0 Å². The topological polar surface area (TPSA) is 36.9 Å². The van der Waals surface area contributed by atoms with Crippen LogP contribution < -0.4 is 0 Å². The molecule has 0 fully saturated rings. The van der Waals surface area contributed by atoms with Crippen molar-refractivity contribution in [3.05, 3.63) is 0 Å².